The molecule has 1 saturated carbocycles. The van der Waals surface area contributed by atoms with Crippen LogP contribution in [0.1, 0.15) is 42.9 Å². The van der Waals surface area contributed by atoms with Gasteiger partial charge in [-0.15, -0.1) is 0 Å². The fraction of sp³-hybridized carbons (Fsp3) is 0.389. The summed E-state index contributed by atoms with van der Waals surface area (Å²) in [4.78, 5) is 4.31. The van der Waals surface area contributed by atoms with E-state index in [4.69, 9.17) is 0 Å². The van der Waals surface area contributed by atoms with Crippen LogP contribution in [0.4, 0.5) is 0 Å². The molecule has 1 N–H and O–H groups in total. The van der Waals surface area contributed by atoms with Crippen molar-refractivity contribution in [3.05, 3.63) is 66.0 Å². The van der Waals surface area contributed by atoms with Crippen molar-refractivity contribution in [2.24, 2.45) is 0 Å². The molecule has 1 aromatic heterocycles. The van der Waals surface area contributed by atoms with Gasteiger partial charge in [0.25, 0.3) is 0 Å². The van der Waals surface area contributed by atoms with Crippen molar-refractivity contribution in [1.29, 1.82) is 0 Å². The van der Waals surface area contributed by atoms with Crippen LogP contribution in [0, 0.1) is 0 Å². The Labute approximate surface area is 121 Å². The molecule has 1 fully saturated rings. The van der Waals surface area contributed by atoms with E-state index in [9.17, 15) is 0 Å². The summed E-state index contributed by atoms with van der Waals surface area (Å²) in [5, 5.41) is 3.56. The van der Waals surface area contributed by atoms with Gasteiger partial charge in [0, 0.05) is 23.9 Å². The first kappa shape index (κ1) is 13.3. The van der Waals surface area contributed by atoms with Gasteiger partial charge in [0.2, 0.25) is 0 Å². The van der Waals surface area contributed by atoms with Gasteiger partial charge in [0.05, 0.1) is 0 Å². The van der Waals surface area contributed by atoms with Gasteiger partial charge in [-0.2, -0.15) is 0 Å². The highest BCUT2D eigenvalue weighted by Gasteiger charge is 2.42. The summed E-state index contributed by atoms with van der Waals surface area (Å²) in [7, 11) is 2.07. The third-order valence-electron chi connectivity index (χ3n) is 4.70. The molecule has 3 rings (SSSR count). The molecule has 1 unspecified atom stereocenters. The molecule has 2 aromatic rings. The minimum atomic E-state index is 0.207. The molecule has 0 saturated heterocycles. The fourth-order valence-corrected chi connectivity index (χ4v) is 3.83. The van der Waals surface area contributed by atoms with E-state index in [1.165, 1.54) is 36.8 Å². The Kier molecular flexibility index (Phi) is 3.83. The highest BCUT2D eigenvalue weighted by Crippen LogP contribution is 2.49. The predicted molar refractivity (Wildman–Crippen MR) is 82.6 cm³/mol. The van der Waals surface area contributed by atoms with E-state index in [0.717, 1.165) is 0 Å². The average molecular weight is 266 g/mol. The van der Waals surface area contributed by atoms with Crippen LogP contribution in [0.3, 0.4) is 0 Å². The van der Waals surface area contributed by atoms with E-state index in [0.29, 0.717) is 6.04 Å². The highest BCUT2D eigenvalue weighted by molar-refractivity contribution is 5.33. The van der Waals surface area contributed by atoms with Crippen molar-refractivity contribution in [3.8, 4) is 0 Å². The lowest BCUT2D eigenvalue weighted by Crippen LogP contribution is -2.38. The third kappa shape index (κ3) is 2.25. The van der Waals surface area contributed by atoms with E-state index >= 15 is 0 Å². The number of pyridine rings is 1. The lowest BCUT2D eigenvalue weighted by Gasteiger charge is -2.38. The van der Waals surface area contributed by atoms with Crippen LogP contribution in [0.5, 0.6) is 0 Å². The summed E-state index contributed by atoms with van der Waals surface area (Å²) in [6.45, 7) is 0. The largest absolute Gasteiger partial charge is 0.312 e. The minimum Gasteiger partial charge on any atom is -0.312 e. The number of hydrogen-bond donors (Lipinski definition) is 1. The van der Waals surface area contributed by atoms with Crippen molar-refractivity contribution < 1.29 is 0 Å². The molecule has 2 nitrogen and oxygen atoms in total. The third-order valence-corrected chi connectivity index (χ3v) is 4.70. The Morgan fingerprint density at radius 3 is 2.40 bits per heavy atom. The van der Waals surface area contributed by atoms with Gasteiger partial charge >= 0.3 is 0 Å². The van der Waals surface area contributed by atoms with Gasteiger partial charge in [-0.1, -0.05) is 49.2 Å². The van der Waals surface area contributed by atoms with Gasteiger partial charge in [-0.05, 0) is 37.1 Å². The molecule has 1 aliphatic carbocycles. The van der Waals surface area contributed by atoms with Crippen molar-refractivity contribution in [3.63, 3.8) is 0 Å². The summed E-state index contributed by atoms with van der Waals surface area (Å²) < 4.78 is 0. The monoisotopic (exact) mass is 266 g/mol. The molecule has 1 heterocycles. The fourth-order valence-electron chi connectivity index (χ4n) is 3.83. The Balaban J connectivity index is 2.06. The molecule has 104 valence electrons. The van der Waals surface area contributed by atoms with E-state index in [1.54, 1.807) is 0 Å². The molecule has 1 aromatic carbocycles. The van der Waals surface area contributed by atoms with E-state index < -0.39 is 0 Å². The van der Waals surface area contributed by atoms with E-state index in [1.807, 2.05) is 18.5 Å². The first-order valence-corrected chi connectivity index (χ1v) is 7.49. The maximum absolute atomic E-state index is 4.31. The first-order valence-electron chi connectivity index (χ1n) is 7.49. The van der Waals surface area contributed by atoms with Crippen LogP contribution < -0.4 is 5.32 Å². The van der Waals surface area contributed by atoms with E-state index in [-0.39, 0.29) is 5.41 Å². The Bertz CT molecular complexity index is 530. The number of hydrogen-bond acceptors (Lipinski definition) is 2. The average Bonchev–Trinajstić information content (AvgIpc) is 3.01. The number of nitrogens with one attached hydrogen (secondary N) is 1. The van der Waals surface area contributed by atoms with Crippen LogP contribution in [0.15, 0.2) is 54.9 Å². The van der Waals surface area contributed by atoms with Crippen LogP contribution in [-0.2, 0) is 5.41 Å². The topological polar surface area (TPSA) is 24.9 Å². The minimum absolute atomic E-state index is 0.207. The second-order valence-corrected chi connectivity index (χ2v) is 5.74. The lowest BCUT2D eigenvalue weighted by molar-refractivity contribution is 0.315. The summed E-state index contributed by atoms with van der Waals surface area (Å²) in [6, 6.07) is 15.5. The van der Waals surface area contributed by atoms with Crippen LogP contribution >= 0.6 is 0 Å². The molecule has 1 aliphatic rings. The van der Waals surface area contributed by atoms with Crippen LogP contribution in [0.2, 0.25) is 0 Å². The molecule has 0 radical (unpaired) electrons. The zero-order valence-electron chi connectivity index (χ0n) is 12.0. The molecule has 0 bridgehead atoms. The zero-order valence-corrected chi connectivity index (χ0v) is 12.0. The van der Waals surface area contributed by atoms with Crippen molar-refractivity contribution in [2.75, 3.05) is 7.05 Å². The molecular weight excluding hydrogens is 244 g/mol. The molecule has 0 amide bonds. The van der Waals surface area contributed by atoms with E-state index in [2.05, 4.69) is 53.7 Å². The quantitative estimate of drug-likeness (QED) is 0.909. The van der Waals surface area contributed by atoms with Gasteiger partial charge < -0.3 is 5.32 Å². The van der Waals surface area contributed by atoms with Crippen LogP contribution in [0.25, 0.3) is 0 Å². The standard InChI is InChI=1S/C18H22N2/c1-19-17(15-8-7-13-20-14-15)18(11-5-6-12-18)16-9-3-2-4-10-16/h2-4,7-10,13-14,17,19H,5-6,11-12H2,1H3. The van der Waals surface area contributed by atoms with Crippen molar-refractivity contribution in [1.82, 2.24) is 10.3 Å². The van der Waals surface area contributed by atoms with Crippen LogP contribution in [-0.4, -0.2) is 12.0 Å². The molecule has 0 aliphatic heterocycles. The van der Waals surface area contributed by atoms with Crippen molar-refractivity contribution in [2.45, 2.75) is 37.1 Å². The maximum atomic E-state index is 4.31. The Morgan fingerprint density at radius 2 is 1.80 bits per heavy atom. The normalized spacial score (nSPS) is 18.9. The van der Waals surface area contributed by atoms with Gasteiger partial charge in [0.15, 0.2) is 0 Å². The number of rotatable bonds is 4. The second kappa shape index (κ2) is 5.76. The summed E-state index contributed by atoms with van der Waals surface area (Å²) >= 11 is 0. The molecule has 1 atom stereocenters. The van der Waals surface area contributed by atoms with Gasteiger partial charge in [-0.25, -0.2) is 0 Å². The summed E-state index contributed by atoms with van der Waals surface area (Å²) in [5.74, 6) is 0. The molecule has 2 heteroatoms. The smallest absolute Gasteiger partial charge is 0.0431 e. The molecule has 0 spiro atoms. The Hall–Kier alpha value is -1.67. The van der Waals surface area contributed by atoms with Crippen molar-refractivity contribution >= 4 is 0 Å². The molecule has 20 heavy (non-hydrogen) atoms. The SMILES string of the molecule is CNC(c1cccnc1)C1(c2ccccc2)CCCC1. The lowest BCUT2D eigenvalue weighted by atomic mass is 9.70. The summed E-state index contributed by atoms with van der Waals surface area (Å²) in [6.07, 6.45) is 8.97. The Morgan fingerprint density at radius 1 is 1.05 bits per heavy atom. The maximum Gasteiger partial charge on any atom is 0.0431 e. The van der Waals surface area contributed by atoms with Gasteiger partial charge in [0.1, 0.15) is 0 Å². The van der Waals surface area contributed by atoms with Gasteiger partial charge in [-0.3, -0.25) is 4.98 Å². The number of benzene rings is 1. The highest BCUT2D eigenvalue weighted by atomic mass is 14.9. The molecular formula is C18H22N2. The first-order chi connectivity index (χ1) is 9.87. The summed E-state index contributed by atoms with van der Waals surface area (Å²) in [5.41, 5.74) is 2.96. The predicted octanol–water partition coefficient (Wildman–Crippen LogP) is 3.85. The number of nitrogens with zero attached hydrogens (tertiary/aromatic N) is 1. The zero-order chi connectivity index (χ0) is 13.8. The number of aromatic nitrogens is 1. The second-order valence-electron chi connectivity index (χ2n) is 5.74. The number of likely N-dealkylation sites (N-methyl/N-ethyl adjacent to an activating group) is 1.